The van der Waals surface area contributed by atoms with Gasteiger partial charge in [-0.15, -0.1) is 0 Å². The third kappa shape index (κ3) is 3.56. The predicted octanol–water partition coefficient (Wildman–Crippen LogP) is 4.45. The zero-order valence-corrected chi connectivity index (χ0v) is 17.8. The second-order valence-corrected chi connectivity index (χ2v) is 8.23. The lowest BCUT2D eigenvalue weighted by molar-refractivity contribution is 0.0486. The Balaban J connectivity index is 1.62. The van der Waals surface area contributed by atoms with E-state index in [9.17, 15) is 14.0 Å². The quantitative estimate of drug-likeness (QED) is 0.570. The van der Waals surface area contributed by atoms with E-state index < -0.39 is 11.9 Å². The van der Waals surface area contributed by atoms with E-state index in [-0.39, 0.29) is 39.7 Å². The molecule has 1 fully saturated rings. The highest BCUT2D eigenvalue weighted by Crippen LogP contribution is 2.39. The van der Waals surface area contributed by atoms with Gasteiger partial charge in [0, 0.05) is 13.2 Å². The smallest absolute Gasteiger partial charge is 0.291 e. The summed E-state index contributed by atoms with van der Waals surface area (Å²) >= 11 is 0. The number of carbonyl (C=O) groups excluding carboxylic acids is 1. The van der Waals surface area contributed by atoms with Crippen LogP contribution in [0.25, 0.3) is 11.0 Å². The summed E-state index contributed by atoms with van der Waals surface area (Å²) in [7, 11) is 0. The number of fused-ring (bicyclic) bond motifs is 2. The van der Waals surface area contributed by atoms with Gasteiger partial charge in [-0.1, -0.05) is 19.1 Å². The van der Waals surface area contributed by atoms with Gasteiger partial charge in [-0.2, -0.15) is 0 Å². The van der Waals surface area contributed by atoms with Crippen LogP contribution in [0.15, 0.2) is 51.7 Å². The summed E-state index contributed by atoms with van der Waals surface area (Å²) in [6.07, 6.45) is 2.59. The first-order valence-corrected chi connectivity index (χ1v) is 11.0. The fraction of sp³-hybridized carbons (Fsp3) is 0.360. The van der Waals surface area contributed by atoms with Crippen molar-refractivity contribution in [1.29, 1.82) is 0 Å². The van der Waals surface area contributed by atoms with Crippen molar-refractivity contribution in [1.82, 2.24) is 4.90 Å². The predicted molar refractivity (Wildman–Crippen MR) is 117 cm³/mol. The molecule has 2 unspecified atom stereocenters. The van der Waals surface area contributed by atoms with Gasteiger partial charge in [0.1, 0.15) is 17.1 Å². The van der Waals surface area contributed by atoms with Crippen molar-refractivity contribution >= 4 is 16.9 Å². The molecule has 0 aliphatic carbocycles. The van der Waals surface area contributed by atoms with E-state index in [2.05, 4.69) is 0 Å². The highest BCUT2D eigenvalue weighted by Gasteiger charge is 2.43. The Kier molecular flexibility index (Phi) is 5.43. The van der Waals surface area contributed by atoms with E-state index >= 15 is 0 Å². The molecule has 166 valence electrons. The molecule has 0 bridgehead atoms. The van der Waals surface area contributed by atoms with Gasteiger partial charge < -0.3 is 18.8 Å². The van der Waals surface area contributed by atoms with Crippen LogP contribution < -0.4 is 10.2 Å². The van der Waals surface area contributed by atoms with Crippen molar-refractivity contribution in [3.63, 3.8) is 0 Å². The maximum atomic E-state index is 13.9. The van der Waals surface area contributed by atoms with Crippen LogP contribution in [0.1, 0.15) is 53.9 Å². The second-order valence-electron chi connectivity index (χ2n) is 8.23. The summed E-state index contributed by atoms with van der Waals surface area (Å²) < 4.78 is 31.2. The highest BCUT2D eigenvalue weighted by atomic mass is 19.1. The van der Waals surface area contributed by atoms with Gasteiger partial charge in [-0.05, 0) is 55.2 Å². The summed E-state index contributed by atoms with van der Waals surface area (Å²) in [6.45, 7) is 3.65. The molecule has 0 radical (unpaired) electrons. The highest BCUT2D eigenvalue weighted by molar-refractivity contribution is 5.99. The van der Waals surface area contributed by atoms with Crippen molar-refractivity contribution < 1.29 is 23.1 Å². The van der Waals surface area contributed by atoms with Crippen LogP contribution in [-0.4, -0.2) is 36.7 Å². The van der Waals surface area contributed by atoms with E-state index in [1.165, 1.54) is 12.1 Å². The third-order valence-electron chi connectivity index (χ3n) is 6.02. The van der Waals surface area contributed by atoms with Gasteiger partial charge in [0.15, 0.2) is 5.43 Å². The average molecular weight is 437 g/mol. The van der Waals surface area contributed by atoms with E-state index in [1.807, 2.05) is 31.2 Å². The third-order valence-corrected chi connectivity index (χ3v) is 6.02. The molecule has 0 saturated carbocycles. The molecule has 0 N–H and O–H groups in total. The van der Waals surface area contributed by atoms with Gasteiger partial charge in [0.2, 0.25) is 5.76 Å². The molecular formula is C25H24FNO5. The average Bonchev–Trinajstić information content (AvgIpc) is 3.41. The normalized spacial score (nSPS) is 20.2. The first kappa shape index (κ1) is 20.7. The molecule has 1 saturated heterocycles. The summed E-state index contributed by atoms with van der Waals surface area (Å²) in [5, 5.41) is 0.128. The molecule has 6 nitrogen and oxygen atoms in total. The summed E-state index contributed by atoms with van der Waals surface area (Å²) in [6, 6.07) is 10.5. The SMILES string of the molecule is CCCOc1ccc(C2c3c(oc4ccc(F)cc4c3=O)C(=O)N2CC2CCCO2)cc1. The first-order chi connectivity index (χ1) is 15.6. The van der Waals surface area contributed by atoms with Crippen LogP contribution in [0.2, 0.25) is 0 Å². The van der Waals surface area contributed by atoms with Gasteiger partial charge >= 0.3 is 0 Å². The van der Waals surface area contributed by atoms with Crippen LogP contribution in [-0.2, 0) is 4.74 Å². The van der Waals surface area contributed by atoms with Crippen LogP contribution in [0.4, 0.5) is 4.39 Å². The monoisotopic (exact) mass is 437 g/mol. The van der Waals surface area contributed by atoms with Crippen molar-refractivity contribution in [3.05, 3.63) is 75.4 Å². The molecule has 32 heavy (non-hydrogen) atoms. The fourth-order valence-corrected chi connectivity index (χ4v) is 4.50. The topological polar surface area (TPSA) is 69.0 Å². The molecule has 2 aromatic carbocycles. The summed E-state index contributed by atoms with van der Waals surface area (Å²) in [5.41, 5.74) is 0.820. The molecule has 5 rings (SSSR count). The number of benzene rings is 2. The Morgan fingerprint density at radius 3 is 2.69 bits per heavy atom. The van der Waals surface area contributed by atoms with Crippen LogP contribution >= 0.6 is 0 Å². The van der Waals surface area contributed by atoms with E-state index in [4.69, 9.17) is 13.9 Å². The Hall–Kier alpha value is -3.19. The zero-order valence-electron chi connectivity index (χ0n) is 17.8. The standard InChI is InChI=1S/C25H24FNO5/c1-2-11-30-17-8-5-15(6-9-17)22-21-23(28)19-13-16(26)7-10-20(19)32-24(21)25(29)27(22)14-18-4-3-12-31-18/h5-10,13,18,22H,2-4,11-12,14H2,1H3. The fourth-order valence-electron chi connectivity index (χ4n) is 4.50. The molecule has 2 aliphatic heterocycles. The molecule has 7 heteroatoms. The van der Waals surface area contributed by atoms with Crippen molar-refractivity contribution in [2.24, 2.45) is 0 Å². The number of amides is 1. The number of nitrogens with zero attached hydrogens (tertiary/aromatic N) is 1. The minimum atomic E-state index is -0.633. The van der Waals surface area contributed by atoms with Gasteiger partial charge in [0.05, 0.1) is 29.7 Å². The summed E-state index contributed by atoms with van der Waals surface area (Å²) in [5.74, 6) is -0.142. The molecule has 0 spiro atoms. The molecule has 1 amide bonds. The van der Waals surface area contributed by atoms with E-state index in [0.29, 0.717) is 19.8 Å². The zero-order chi connectivity index (χ0) is 22.2. The Bertz CT molecular complexity index is 1210. The first-order valence-electron chi connectivity index (χ1n) is 11.0. The second kappa shape index (κ2) is 8.39. The maximum absolute atomic E-state index is 13.9. The van der Waals surface area contributed by atoms with E-state index in [0.717, 1.165) is 36.6 Å². The minimum absolute atomic E-state index is 0.0171. The number of hydrogen-bond acceptors (Lipinski definition) is 5. The molecular weight excluding hydrogens is 413 g/mol. The molecule has 3 aromatic rings. The van der Waals surface area contributed by atoms with Gasteiger partial charge in [-0.25, -0.2) is 4.39 Å². The lowest BCUT2D eigenvalue weighted by atomic mass is 9.98. The number of hydrogen-bond donors (Lipinski definition) is 0. The molecule has 2 atom stereocenters. The Morgan fingerprint density at radius 1 is 1.16 bits per heavy atom. The van der Waals surface area contributed by atoms with Gasteiger partial charge in [-0.3, -0.25) is 9.59 Å². The maximum Gasteiger partial charge on any atom is 0.291 e. The van der Waals surface area contributed by atoms with Crippen molar-refractivity contribution in [3.8, 4) is 5.75 Å². The lowest BCUT2D eigenvalue weighted by Crippen LogP contribution is -2.36. The number of halogens is 1. The minimum Gasteiger partial charge on any atom is -0.494 e. The summed E-state index contributed by atoms with van der Waals surface area (Å²) in [4.78, 5) is 28.5. The van der Waals surface area contributed by atoms with Crippen molar-refractivity contribution in [2.75, 3.05) is 19.8 Å². The van der Waals surface area contributed by atoms with Crippen LogP contribution in [0.3, 0.4) is 0 Å². The molecule has 1 aromatic heterocycles. The van der Waals surface area contributed by atoms with Crippen LogP contribution in [0, 0.1) is 5.82 Å². The van der Waals surface area contributed by atoms with Crippen molar-refractivity contribution in [2.45, 2.75) is 38.3 Å². The number of ether oxygens (including phenoxy) is 2. The Morgan fingerprint density at radius 2 is 1.97 bits per heavy atom. The van der Waals surface area contributed by atoms with E-state index in [1.54, 1.807) is 4.90 Å². The number of rotatable bonds is 6. The largest absolute Gasteiger partial charge is 0.494 e. The molecule has 2 aliphatic rings. The Labute approximate surface area is 184 Å². The lowest BCUT2D eigenvalue weighted by Gasteiger charge is -2.27. The number of carbonyl (C=O) groups is 1. The van der Waals surface area contributed by atoms with Crippen LogP contribution in [0.5, 0.6) is 5.75 Å². The molecule has 3 heterocycles. The van der Waals surface area contributed by atoms with Gasteiger partial charge in [0.25, 0.3) is 5.91 Å².